The first-order valence-electron chi connectivity index (χ1n) is 5.45. The van der Waals surface area contributed by atoms with Crippen molar-refractivity contribution >= 4 is 22.4 Å². The molecule has 0 aliphatic rings. The Kier molecular flexibility index (Phi) is 2.60. The molecule has 10 nitrogen and oxygen atoms in total. The van der Waals surface area contributed by atoms with Crippen LogP contribution in [0.1, 0.15) is 10.6 Å². The molecule has 0 saturated carbocycles. The number of tetrazole rings is 1. The van der Waals surface area contributed by atoms with Crippen LogP contribution in [0.4, 0.5) is 5.69 Å². The molecule has 4 N–H and O–H groups in total. The topological polar surface area (TPSA) is 149 Å². The summed E-state index contributed by atoms with van der Waals surface area (Å²) in [6.45, 7) is 0. The van der Waals surface area contributed by atoms with E-state index in [1.54, 1.807) is 6.07 Å². The summed E-state index contributed by atoms with van der Waals surface area (Å²) >= 11 is 0. The van der Waals surface area contributed by atoms with Crippen molar-refractivity contribution in [1.82, 2.24) is 30.8 Å². The van der Waals surface area contributed by atoms with Gasteiger partial charge in [-0.25, -0.2) is 0 Å². The normalized spacial score (nSPS) is 10.6. The SMILES string of the molecule is O=C(Nc1cccc2c(=O)[nH][nH]c(=O)c12)c1nn[nH]n1. The fraction of sp³-hybridized carbons (Fsp3) is 0. The molecule has 0 atom stereocenters. The van der Waals surface area contributed by atoms with Crippen LogP contribution in [0.25, 0.3) is 10.8 Å². The maximum atomic E-state index is 11.8. The molecule has 20 heavy (non-hydrogen) atoms. The number of benzene rings is 1. The average Bonchev–Trinajstić information content (AvgIpc) is 2.97. The molecule has 0 bridgehead atoms. The standard InChI is InChI=1S/C10H7N7O3/c18-8-4-2-1-3-5(6(4)9(19)15-14-8)11-10(20)7-12-16-17-13-7/h1-3H,(H,11,20)(H,14,18)(H,15,19)(H,12,13,16,17). The molecule has 0 aliphatic carbocycles. The van der Waals surface area contributed by atoms with Crippen molar-refractivity contribution in [2.45, 2.75) is 0 Å². The smallest absolute Gasteiger partial charge is 0.297 e. The third kappa shape index (κ3) is 1.84. The van der Waals surface area contributed by atoms with Crippen molar-refractivity contribution in [2.24, 2.45) is 0 Å². The van der Waals surface area contributed by atoms with Crippen molar-refractivity contribution in [2.75, 3.05) is 5.32 Å². The quantitative estimate of drug-likeness (QED) is 0.469. The monoisotopic (exact) mass is 273 g/mol. The number of fused-ring (bicyclic) bond motifs is 1. The molecule has 100 valence electrons. The highest BCUT2D eigenvalue weighted by atomic mass is 16.2. The van der Waals surface area contributed by atoms with Crippen molar-refractivity contribution < 1.29 is 4.79 Å². The highest BCUT2D eigenvalue weighted by Crippen LogP contribution is 2.16. The molecule has 0 fully saturated rings. The number of rotatable bonds is 2. The molecular formula is C10H7N7O3. The predicted octanol–water partition coefficient (Wildman–Crippen LogP) is -1.02. The predicted molar refractivity (Wildman–Crippen MR) is 67.3 cm³/mol. The lowest BCUT2D eigenvalue weighted by Crippen LogP contribution is -2.22. The molecule has 1 aromatic carbocycles. The molecule has 3 rings (SSSR count). The van der Waals surface area contributed by atoms with Gasteiger partial charge in [0.15, 0.2) is 0 Å². The molecule has 2 heterocycles. The summed E-state index contributed by atoms with van der Waals surface area (Å²) in [7, 11) is 0. The van der Waals surface area contributed by atoms with Crippen LogP contribution in [0.2, 0.25) is 0 Å². The van der Waals surface area contributed by atoms with Crippen LogP contribution in [-0.2, 0) is 0 Å². The van der Waals surface area contributed by atoms with Gasteiger partial charge in [0.2, 0.25) is 0 Å². The first kappa shape index (κ1) is 11.8. The molecule has 0 spiro atoms. The second-order valence-electron chi connectivity index (χ2n) is 3.83. The Morgan fingerprint density at radius 1 is 1.15 bits per heavy atom. The second kappa shape index (κ2) is 4.42. The summed E-state index contributed by atoms with van der Waals surface area (Å²) in [5.41, 5.74) is -0.802. The number of nitrogens with one attached hydrogen (secondary N) is 4. The van der Waals surface area contributed by atoms with Crippen molar-refractivity contribution in [3.05, 3.63) is 44.7 Å². The van der Waals surface area contributed by atoms with Gasteiger partial charge < -0.3 is 5.32 Å². The zero-order valence-electron chi connectivity index (χ0n) is 9.80. The van der Waals surface area contributed by atoms with E-state index in [0.717, 1.165) is 0 Å². The number of H-pyrrole nitrogens is 3. The Hall–Kier alpha value is -3.30. The average molecular weight is 273 g/mol. The number of carbonyl (C=O) groups is 1. The number of hydrogen-bond acceptors (Lipinski definition) is 6. The van der Waals surface area contributed by atoms with Gasteiger partial charge in [-0.15, -0.1) is 10.2 Å². The molecule has 0 radical (unpaired) electrons. The van der Waals surface area contributed by atoms with E-state index in [1.165, 1.54) is 12.1 Å². The van der Waals surface area contributed by atoms with Crippen LogP contribution < -0.4 is 16.4 Å². The van der Waals surface area contributed by atoms with Gasteiger partial charge in [0.25, 0.3) is 22.9 Å². The number of hydrogen-bond donors (Lipinski definition) is 4. The van der Waals surface area contributed by atoms with E-state index < -0.39 is 17.0 Å². The number of carbonyl (C=O) groups excluding carboxylic acids is 1. The van der Waals surface area contributed by atoms with Gasteiger partial charge in [0.05, 0.1) is 16.5 Å². The molecule has 0 unspecified atom stereocenters. The Labute approximate surface area is 109 Å². The first-order chi connectivity index (χ1) is 9.66. The summed E-state index contributed by atoms with van der Waals surface area (Å²) in [5.74, 6) is -0.825. The van der Waals surface area contributed by atoms with Crippen LogP contribution in [0.3, 0.4) is 0 Å². The number of aromatic nitrogens is 6. The number of anilines is 1. The largest absolute Gasteiger partial charge is 0.318 e. The molecule has 0 saturated heterocycles. The van der Waals surface area contributed by atoms with Crippen molar-refractivity contribution in [3.8, 4) is 0 Å². The lowest BCUT2D eigenvalue weighted by molar-refractivity contribution is 0.101. The second-order valence-corrected chi connectivity index (χ2v) is 3.83. The summed E-state index contributed by atoms with van der Waals surface area (Å²) < 4.78 is 0. The molecule has 3 aromatic rings. The molecule has 10 heteroatoms. The van der Waals surface area contributed by atoms with E-state index in [0.29, 0.717) is 0 Å². The van der Waals surface area contributed by atoms with Gasteiger partial charge in [-0.1, -0.05) is 6.07 Å². The van der Waals surface area contributed by atoms with E-state index >= 15 is 0 Å². The lowest BCUT2D eigenvalue weighted by Gasteiger charge is -2.05. The third-order valence-corrected chi connectivity index (χ3v) is 2.62. The highest BCUT2D eigenvalue weighted by molar-refractivity contribution is 6.06. The van der Waals surface area contributed by atoms with E-state index in [-0.39, 0.29) is 22.3 Å². The van der Waals surface area contributed by atoms with Gasteiger partial charge >= 0.3 is 0 Å². The van der Waals surface area contributed by atoms with Crippen molar-refractivity contribution in [3.63, 3.8) is 0 Å². The van der Waals surface area contributed by atoms with E-state index in [4.69, 9.17) is 0 Å². The van der Waals surface area contributed by atoms with Gasteiger partial charge in [-0.3, -0.25) is 24.6 Å². The summed E-state index contributed by atoms with van der Waals surface area (Å²) in [6, 6.07) is 4.52. The fourth-order valence-corrected chi connectivity index (χ4v) is 1.77. The zero-order chi connectivity index (χ0) is 14.1. The van der Waals surface area contributed by atoms with E-state index in [1.807, 2.05) is 0 Å². The van der Waals surface area contributed by atoms with Crippen LogP contribution in [0.15, 0.2) is 27.8 Å². The third-order valence-electron chi connectivity index (χ3n) is 2.62. The molecule has 2 aromatic heterocycles. The molecule has 0 aliphatic heterocycles. The Morgan fingerprint density at radius 2 is 1.95 bits per heavy atom. The fourth-order valence-electron chi connectivity index (χ4n) is 1.77. The van der Waals surface area contributed by atoms with Gasteiger partial charge in [0.1, 0.15) is 0 Å². The van der Waals surface area contributed by atoms with Crippen molar-refractivity contribution in [1.29, 1.82) is 0 Å². The van der Waals surface area contributed by atoms with E-state index in [2.05, 4.69) is 36.1 Å². The Morgan fingerprint density at radius 3 is 2.70 bits per heavy atom. The van der Waals surface area contributed by atoms with Gasteiger partial charge in [-0.05, 0) is 17.3 Å². The van der Waals surface area contributed by atoms with Gasteiger partial charge in [0, 0.05) is 0 Å². The minimum Gasteiger partial charge on any atom is -0.318 e. The first-order valence-corrected chi connectivity index (χ1v) is 5.45. The summed E-state index contributed by atoms with van der Waals surface area (Å²) in [6.07, 6.45) is 0. The maximum absolute atomic E-state index is 11.8. The minimum atomic E-state index is -0.647. The van der Waals surface area contributed by atoms with Crippen LogP contribution >= 0.6 is 0 Å². The van der Waals surface area contributed by atoms with Gasteiger partial charge in [-0.2, -0.15) is 5.21 Å². The van der Waals surface area contributed by atoms with Crippen LogP contribution in [-0.4, -0.2) is 36.7 Å². The Balaban J connectivity index is 2.13. The summed E-state index contributed by atoms with van der Waals surface area (Å²) in [4.78, 5) is 35.2. The molecule has 1 amide bonds. The number of amides is 1. The number of aromatic amines is 3. The zero-order valence-corrected chi connectivity index (χ0v) is 9.80. The minimum absolute atomic E-state index is 0.0769. The number of nitrogens with zero attached hydrogens (tertiary/aromatic N) is 3. The van der Waals surface area contributed by atoms with Crippen LogP contribution in [0, 0.1) is 0 Å². The van der Waals surface area contributed by atoms with E-state index in [9.17, 15) is 14.4 Å². The maximum Gasteiger partial charge on any atom is 0.297 e. The highest BCUT2D eigenvalue weighted by Gasteiger charge is 2.14. The lowest BCUT2D eigenvalue weighted by atomic mass is 10.1. The molecular weight excluding hydrogens is 266 g/mol. The van der Waals surface area contributed by atoms with Crippen LogP contribution in [0.5, 0.6) is 0 Å². The Bertz CT molecular complexity index is 893. The summed E-state index contributed by atoms with van der Waals surface area (Å²) in [5, 5.41) is 19.5.